The van der Waals surface area contributed by atoms with Gasteiger partial charge in [-0.3, -0.25) is 9.69 Å². The number of H-pyrrole nitrogens is 1. The number of hydrogen-bond donors (Lipinski definition) is 2. The molecule has 2 aliphatic heterocycles. The summed E-state index contributed by atoms with van der Waals surface area (Å²) in [6, 6.07) is 2.70. The van der Waals surface area contributed by atoms with Gasteiger partial charge in [0, 0.05) is 29.3 Å². The summed E-state index contributed by atoms with van der Waals surface area (Å²) in [5.41, 5.74) is 0.635. The molecule has 0 aliphatic carbocycles. The minimum atomic E-state index is 0.0122. The number of carbonyl (C=O) groups is 1. The molecule has 2 saturated heterocycles. The highest BCUT2D eigenvalue weighted by Crippen LogP contribution is 2.27. The second kappa shape index (κ2) is 5.05. The van der Waals surface area contributed by atoms with E-state index in [1.807, 2.05) is 6.07 Å². The average molecular weight is 312 g/mol. The van der Waals surface area contributed by atoms with Crippen molar-refractivity contribution in [3.05, 3.63) is 22.4 Å². The van der Waals surface area contributed by atoms with E-state index in [0.717, 1.165) is 17.4 Å². The van der Waals surface area contributed by atoms with E-state index in [4.69, 9.17) is 0 Å². The quantitative estimate of drug-likeness (QED) is 0.879. The van der Waals surface area contributed by atoms with E-state index < -0.39 is 0 Å². The molecular formula is C13H18BrN3O. The molecular weight excluding hydrogens is 294 g/mol. The predicted molar refractivity (Wildman–Crippen MR) is 73.6 cm³/mol. The summed E-state index contributed by atoms with van der Waals surface area (Å²) < 4.78 is 0.915. The molecule has 1 aromatic heterocycles. The molecule has 0 spiro atoms. The van der Waals surface area contributed by atoms with Crippen molar-refractivity contribution < 1.29 is 4.79 Å². The van der Waals surface area contributed by atoms with Crippen molar-refractivity contribution in [3.8, 4) is 0 Å². The molecule has 18 heavy (non-hydrogen) atoms. The fraction of sp³-hybridized carbons (Fsp3) is 0.615. The molecule has 0 radical (unpaired) electrons. The van der Waals surface area contributed by atoms with Crippen LogP contribution in [-0.2, 0) is 0 Å². The van der Waals surface area contributed by atoms with Crippen LogP contribution < -0.4 is 5.32 Å². The fourth-order valence-corrected chi connectivity index (χ4v) is 3.50. The molecule has 2 unspecified atom stereocenters. The molecule has 3 heterocycles. The van der Waals surface area contributed by atoms with Crippen LogP contribution in [0.25, 0.3) is 0 Å². The summed E-state index contributed by atoms with van der Waals surface area (Å²) in [4.78, 5) is 17.6. The Labute approximate surface area is 115 Å². The van der Waals surface area contributed by atoms with Crippen molar-refractivity contribution >= 4 is 21.8 Å². The Morgan fingerprint density at radius 1 is 1.39 bits per heavy atom. The first-order valence-corrected chi connectivity index (χ1v) is 7.42. The minimum Gasteiger partial charge on any atom is -0.356 e. The molecule has 2 atom stereocenters. The van der Waals surface area contributed by atoms with Gasteiger partial charge in [-0.15, -0.1) is 0 Å². The zero-order valence-corrected chi connectivity index (χ0v) is 11.9. The van der Waals surface area contributed by atoms with Crippen LogP contribution in [0.1, 0.15) is 36.2 Å². The third kappa shape index (κ3) is 2.34. The van der Waals surface area contributed by atoms with Crippen molar-refractivity contribution in [2.45, 2.75) is 37.8 Å². The Morgan fingerprint density at radius 2 is 2.28 bits per heavy atom. The Morgan fingerprint density at radius 3 is 3.06 bits per heavy atom. The maximum absolute atomic E-state index is 12.1. The van der Waals surface area contributed by atoms with Crippen LogP contribution >= 0.6 is 15.9 Å². The third-order valence-corrected chi connectivity index (χ3v) is 4.52. The SMILES string of the molecule is O=C(NC1CCN2CCCCC12)c1cc(Br)c[nH]1. The number of carbonyl (C=O) groups excluding carboxylic acids is 1. The van der Waals surface area contributed by atoms with Gasteiger partial charge in [0.15, 0.2) is 0 Å². The van der Waals surface area contributed by atoms with Crippen molar-refractivity contribution in [1.29, 1.82) is 0 Å². The summed E-state index contributed by atoms with van der Waals surface area (Å²) in [6.07, 6.45) is 6.69. The number of piperidine rings is 1. The smallest absolute Gasteiger partial charge is 0.268 e. The van der Waals surface area contributed by atoms with Crippen LogP contribution in [0.15, 0.2) is 16.7 Å². The molecule has 0 bridgehead atoms. The second-order valence-electron chi connectivity index (χ2n) is 5.20. The molecule has 0 saturated carbocycles. The molecule has 2 N–H and O–H groups in total. The van der Waals surface area contributed by atoms with Gasteiger partial charge in [-0.1, -0.05) is 6.42 Å². The van der Waals surface area contributed by atoms with E-state index in [-0.39, 0.29) is 5.91 Å². The summed E-state index contributed by atoms with van der Waals surface area (Å²) in [5.74, 6) is 0.0122. The number of halogens is 1. The van der Waals surface area contributed by atoms with Crippen LogP contribution in [0.3, 0.4) is 0 Å². The lowest BCUT2D eigenvalue weighted by molar-refractivity contribution is 0.0911. The van der Waals surface area contributed by atoms with Gasteiger partial charge in [0.25, 0.3) is 5.91 Å². The molecule has 1 amide bonds. The predicted octanol–water partition coefficient (Wildman–Crippen LogP) is 2.13. The van der Waals surface area contributed by atoms with Crippen LogP contribution in [0.5, 0.6) is 0 Å². The monoisotopic (exact) mass is 311 g/mol. The lowest BCUT2D eigenvalue weighted by atomic mass is 9.99. The molecule has 5 heteroatoms. The van der Waals surface area contributed by atoms with Gasteiger partial charge < -0.3 is 10.3 Å². The van der Waals surface area contributed by atoms with Gasteiger partial charge in [0.05, 0.1) is 0 Å². The van der Waals surface area contributed by atoms with Crippen molar-refractivity contribution in [2.24, 2.45) is 0 Å². The van der Waals surface area contributed by atoms with E-state index in [2.05, 4.69) is 31.1 Å². The lowest BCUT2D eigenvalue weighted by Gasteiger charge is -2.32. The van der Waals surface area contributed by atoms with Gasteiger partial charge in [-0.25, -0.2) is 0 Å². The number of hydrogen-bond acceptors (Lipinski definition) is 2. The number of nitrogens with zero attached hydrogens (tertiary/aromatic N) is 1. The normalized spacial score (nSPS) is 28.1. The van der Waals surface area contributed by atoms with Crippen LogP contribution in [-0.4, -0.2) is 41.0 Å². The number of fused-ring (bicyclic) bond motifs is 1. The van der Waals surface area contributed by atoms with E-state index in [1.54, 1.807) is 6.20 Å². The van der Waals surface area contributed by atoms with Crippen LogP contribution in [0.4, 0.5) is 0 Å². The number of amides is 1. The topological polar surface area (TPSA) is 48.1 Å². The van der Waals surface area contributed by atoms with Crippen molar-refractivity contribution in [1.82, 2.24) is 15.2 Å². The molecule has 98 valence electrons. The third-order valence-electron chi connectivity index (χ3n) is 4.06. The Balaban J connectivity index is 1.64. The summed E-state index contributed by atoms with van der Waals surface area (Å²) in [5, 5.41) is 3.18. The summed E-state index contributed by atoms with van der Waals surface area (Å²) in [6.45, 7) is 2.33. The summed E-state index contributed by atoms with van der Waals surface area (Å²) >= 11 is 3.35. The average Bonchev–Trinajstić information content (AvgIpc) is 2.97. The molecule has 2 fully saturated rings. The van der Waals surface area contributed by atoms with Gasteiger partial charge >= 0.3 is 0 Å². The highest BCUT2D eigenvalue weighted by molar-refractivity contribution is 9.10. The Kier molecular flexibility index (Phi) is 3.43. The zero-order valence-electron chi connectivity index (χ0n) is 10.3. The zero-order chi connectivity index (χ0) is 12.5. The molecule has 3 rings (SSSR count). The van der Waals surface area contributed by atoms with Crippen molar-refractivity contribution in [2.75, 3.05) is 13.1 Å². The number of nitrogens with one attached hydrogen (secondary N) is 2. The van der Waals surface area contributed by atoms with Crippen LogP contribution in [0.2, 0.25) is 0 Å². The van der Waals surface area contributed by atoms with E-state index in [1.165, 1.54) is 25.8 Å². The molecule has 0 aromatic carbocycles. The Hall–Kier alpha value is -0.810. The highest BCUT2D eigenvalue weighted by atomic mass is 79.9. The first-order chi connectivity index (χ1) is 8.74. The van der Waals surface area contributed by atoms with E-state index >= 15 is 0 Å². The maximum atomic E-state index is 12.1. The first kappa shape index (κ1) is 12.2. The second-order valence-corrected chi connectivity index (χ2v) is 6.11. The first-order valence-electron chi connectivity index (χ1n) is 6.63. The van der Waals surface area contributed by atoms with Gasteiger partial charge in [0.1, 0.15) is 5.69 Å². The Bertz CT molecular complexity index is 445. The largest absolute Gasteiger partial charge is 0.356 e. The minimum absolute atomic E-state index is 0.0122. The van der Waals surface area contributed by atoms with E-state index in [0.29, 0.717) is 17.8 Å². The molecule has 4 nitrogen and oxygen atoms in total. The number of aromatic amines is 1. The van der Waals surface area contributed by atoms with Gasteiger partial charge in [0.2, 0.25) is 0 Å². The molecule has 2 aliphatic rings. The molecule has 1 aromatic rings. The number of rotatable bonds is 2. The lowest BCUT2D eigenvalue weighted by Crippen LogP contribution is -2.46. The standard InChI is InChI=1S/C13H18BrN3O/c14-9-7-11(15-8-9)13(18)16-10-4-6-17-5-2-1-3-12(10)17/h7-8,10,12,15H,1-6H2,(H,16,18). The fourth-order valence-electron chi connectivity index (χ4n) is 3.16. The van der Waals surface area contributed by atoms with Gasteiger partial charge in [-0.05, 0) is 47.8 Å². The van der Waals surface area contributed by atoms with E-state index in [9.17, 15) is 4.79 Å². The van der Waals surface area contributed by atoms with Gasteiger partial charge in [-0.2, -0.15) is 0 Å². The maximum Gasteiger partial charge on any atom is 0.268 e. The van der Waals surface area contributed by atoms with Crippen LogP contribution in [0, 0.1) is 0 Å². The number of aromatic nitrogens is 1. The summed E-state index contributed by atoms with van der Waals surface area (Å²) in [7, 11) is 0. The van der Waals surface area contributed by atoms with Crippen molar-refractivity contribution in [3.63, 3.8) is 0 Å². The highest BCUT2D eigenvalue weighted by Gasteiger charge is 2.36.